The third-order valence-corrected chi connectivity index (χ3v) is 5.99. The van der Waals surface area contributed by atoms with Crippen LogP contribution in [-0.4, -0.2) is 35.5 Å². The average Bonchev–Trinajstić information content (AvgIpc) is 2.67. The van der Waals surface area contributed by atoms with Crippen LogP contribution < -0.4 is 23.8 Å². The van der Waals surface area contributed by atoms with Crippen LogP contribution in [0, 0.1) is 0 Å². The summed E-state index contributed by atoms with van der Waals surface area (Å²) in [6.07, 6.45) is 1.95. The van der Waals surface area contributed by atoms with Gasteiger partial charge in [0.15, 0.2) is 23.0 Å². The first-order chi connectivity index (χ1) is 12.6. The van der Waals surface area contributed by atoms with E-state index in [1.165, 1.54) is 27.2 Å². The largest absolute Gasteiger partial charge is 0.493 e. The van der Waals surface area contributed by atoms with Crippen molar-refractivity contribution in [1.29, 1.82) is 0 Å². The third kappa shape index (κ3) is 2.42. The molecular weight excluding hydrogens is 330 g/mol. The van der Waals surface area contributed by atoms with Crippen LogP contribution in [0.4, 0.5) is 0 Å². The van der Waals surface area contributed by atoms with Gasteiger partial charge in [-0.25, -0.2) is 0 Å². The van der Waals surface area contributed by atoms with Gasteiger partial charge in [-0.2, -0.15) is 0 Å². The molecule has 5 heteroatoms. The van der Waals surface area contributed by atoms with Crippen LogP contribution in [0.5, 0.6) is 23.0 Å². The van der Waals surface area contributed by atoms with Gasteiger partial charge in [0, 0.05) is 24.0 Å². The first-order valence-corrected chi connectivity index (χ1v) is 8.94. The average molecular weight is 356 g/mol. The maximum atomic E-state index is 5.54. The van der Waals surface area contributed by atoms with E-state index in [1.54, 1.807) is 28.4 Å². The molecular formula is C21H26NO4+. The van der Waals surface area contributed by atoms with Gasteiger partial charge in [-0.05, 0) is 35.4 Å². The lowest BCUT2D eigenvalue weighted by Crippen LogP contribution is -3.11. The van der Waals surface area contributed by atoms with Crippen molar-refractivity contribution in [3.8, 4) is 23.0 Å². The van der Waals surface area contributed by atoms with Gasteiger partial charge in [-0.15, -0.1) is 0 Å². The lowest BCUT2D eigenvalue weighted by molar-refractivity contribution is -0.948. The Morgan fingerprint density at radius 3 is 1.35 bits per heavy atom. The smallest absolute Gasteiger partial charge is 0.161 e. The van der Waals surface area contributed by atoms with Crippen molar-refractivity contribution >= 4 is 0 Å². The molecule has 2 aromatic carbocycles. The summed E-state index contributed by atoms with van der Waals surface area (Å²) in [4.78, 5) is 1.52. The van der Waals surface area contributed by atoms with Crippen molar-refractivity contribution in [2.75, 3.05) is 35.5 Å². The predicted octanol–water partition coefficient (Wildman–Crippen LogP) is 2.13. The summed E-state index contributed by atoms with van der Waals surface area (Å²) in [5.41, 5.74) is 5.42. The number of hydrogen-bond acceptors (Lipinski definition) is 4. The van der Waals surface area contributed by atoms with E-state index in [0.717, 1.165) is 35.8 Å². The second kappa shape index (κ2) is 6.40. The number of benzene rings is 2. The fraction of sp³-hybridized carbons (Fsp3) is 0.429. The molecule has 0 saturated carbocycles. The molecule has 0 fully saturated rings. The van der Waals surface area contributed by atoms with Gasteiger partial charge >= 0.3 is 0 Å². The number of likely N-dealkylation sites (N-methyl/N-ethyl adjacent to an activating group) is 1. The van der Waals surface area contributed by atoms with Crippen LogP contribution in [0.2, 0.25) is 0 Å². The quantitative estimate of drug-likeness (QED) is 0.911. The number of hydrogen-bond donors (Lipinski definition) is 1. The highest BCUT2D eigenvalue weighted by atomic mass is 16.5. The summed E-state index contributed by atoms with van der Waals surface area (Å²) >= 11 is 0. The van der Waals surface area contributed by atoms with Crippen molar-refractivity contribution in [3.63, 3.8) is 0 Å². The minimum atomic E-state index is 0.397. The molecule has 0 aliphatic carbocycles. The number of fused-ring (bicyclic) bond motifs is 6. The monoisotopic (exact) mass is 356 g/mol. The summed E-state index contributed by atoms with van der Waals surface area (Å²) in [7, 11) is 9.06. The first-order valence-electron chi connectivity index (χ1n) is 8.94. The first kappa shape index (κ1) is 17.0. The summed E-state index contributed by atoms with van der Waals surface area (Å²) in [6, 6.07) is 9.40. The Morgan fingerprint density at radius 1 is 0.654 bits per heavy atom. The second-order valence-electron chi connectivity index (χ2n) is 7.07. The van der Waals surface area contributed by atoms with Crippen molar-refractivity contribution < 1.29 is 23.8 Å². The second-order valence-corrected chi connectivity index (χ2v) is 7.07. The Hall–Kier alpha value is -2.40. The zero-order valence-corrected chi connectivity index (χ0v) is 16.0. The SMILES string of the molecule is COc1cc2c(cc1OC)C1Cc3cc(OC)c(OC)cc3C(C2)[NH+]1C. The molecule has 0 saturated heterocycles. The molecule has 0 spiro atoms. The fourth-order valence-electron chi connectivity index (χ4n) is 4.59. The molecule has 0 amide bonds. The van der Waals surface area contributed by atoms with Crippen LogP contribution >= 0.6 is 0 Å². The Balaban J connectivity index is 1.84. The number of rotatable bonds is 4. The normalized spacial score (nSPS) is 22.9. The van der Waals surface area contributed by atoms with E-state index in [2.05, 4.69) is 31.3 Å². The Labute approximate surface area is 154 Å². The van der Waals surface area contributed by atoms with E-state index in [4.69, 9.17) is 18.9 Å². The molecule has 138 valence electrons. The highest BCUT2D eigenvalue weighted by Gasteiger charge is 2.43. The Kier molecular flexibility index (Phi) is 4.19. The molecule has 2 atom stereocenters. The summed E-state index contributed by atoms with van der Waals surface area (Å²) < 4.78 is 22.1. The molecule has 2 aromatic rings. The van der Waals surface area contributed by atoms with Crippen molar-refractivity contribution in [3.05, 3.63) is 46.5 Å². The zero-order chi connectivity index (χ0) is 18.4. The number of methoxy groups -OCH3 is 4. The molecule has 0 radical (unpaired) electrons. The van der Waals surface area contributed by atoms with Crippen LogP contribution in [-0.2, 0) is 12.8 Å². The zero-order valence-electron chi connectivity index (χ0n) is 16.0. The standard InChI is InChI=1S/C21H25NO4/c1-22-16-6-12-8-18(23-2)20(25-4)10-14(12)17(22)7-13-9-19(24-3)21(26-5)11-15(13)16/h8-11,16-17H,6-7H2,1-5H3/p+1. The minimum Gasteiger partial charge on any atom is -0.493 e. The van der Waals surface area contributed by atoms with Gasteiger partial charge in [0.25, 0.3) is 0 Å². The highest BCUT2D eigenvalue weighted by molar-refractivity contribution is 5.54. The molecule has 2 heterocycles. The van der Waals surface area contributed by atoms with E-state index >= 15 is 0 Å². The van der Waals surface area contributed by atoms with Crippen molar-refractivity contribution in [1.82, 2.24) is 0 Å². The predicted molar refractivity (Wildman–Crippen MR) is 98.9 cm³/mol. The van der Waals surface area contributed by atoms with Gasteiger partial charge in [-0.1, -0.05) is 0 Å². The molecule has 26 heavy (non-hydrogen) atoms. The molecule has 1 N–H and O–H groups in total. The van der Waals surface area contributed by atoms with Crippen molar-refractivity contribution in [2.24, 2.45) is 0 Å². The number of quaternary nitrogens is 1. The molecule has 2 unspecified atom stereocenters. The summed E-state index contributed by atoms with van der Waals surface area (Å²) in [6.45, 7) is 0. The number of ether oxygens (including phenoxy) is 4. The van der Waals surface area contributed by atoms with Gasteiger partial charge < -0.3 is 23.8 Å². The van der Waals surface area contributed by atoms with E-state index in [1.807, 2.05) is 0 Å². The summed E-state index contributed by atoms with van der Waals surface area (Å²) in [5.74, 6) is 3.21. The maximum absolute atomic E-state index is 5.54. The fourth-order valence-corrected chi connectivity index (χ4v) is 4.59. The maximum Gasteiger partial charge on any atom is 0.161 e. The van der Waals surface area contributed by atoms with E-state index < -0.39 is 0 Å². The third-order valence-electron chi connectivity index (χ3n) is 5.99. The van der Waals surface area contributed by atoms with E-state index in [-0.39, 0.29) is 0 Å². The van der Waals surface area contributed by atoms with Crippen LogP contribution in [0.15, 0.2) is 24.3 Å². The van der Waals surface area contributed by atoms with E-state index in [0.29, 0.717) is 12.1 Å². The van der Waals surface area contributed by atoms with Crippen LogP contribution in [0.25, 0.3) is 0 Å². The molecule has 4 rings (SSSR count). The van der Waals surface area contributed by atoms with Crippen LogP contribution in [0.3, 0.4) is 0 Å². The van der Waals surface area contributed by atoms with Crippen LogP contribution in [0.1, 0.15) is 34.3 Å². The highest BCUT2D eigenvalue weighted by Crippen LogP contribution is 2.43. The van der Waals surface area contributed by atoms with Gasteiger partial charge in [-0.3, -0.25) is 0 Å². The van der Waals surface area contributed by atoms with Gasteiger partial charge in [0.05, 0.1) is 35.5 Å². The minimum absolute atomic E-state index is 0.397. The Morgan fingerprint density at radius 2 is 1.00 bits per heavy atom. The molecule has 2 bridgehead atoms. The Bertz CT molecular complexity index is 779. The van der Waals surface area contributed by atoms with Gasteiger partial charge in [0.1, 0.15) is 12.1 Å². The summed E-state index contributed by atoms with van der Waals surface area (Å²) in [5, 5.41) is 0. The molecule has 5 nitrogen and oxygen atoms in total. The molecule has 2 aliphatic heterocycles. The van der Waals surface area contributed by atoms with E-state index in [9.17, 15) is 0 Å². The lowest BCUT2D eigenvalue weighted by Gasteiger charge is -2.43. The number of nitrogens with one attached hydrogen (secondary N) is 1. The topological polar surface area (TPSA) is 41.4 Å². The molecule has 0 aromatic heterocycles. The molecule has 2 aliphatic rings. The van der Waals surface area contributed by atoms with Crippen molar-refractivity contribution in [2.45, 2.75) is 24.9 Å². The lowest BCUT2D eigenvalue weighted by atomic mass is 9.76. The van der Waals surface area contributed by atoms with Gasteiger partial charge in [0.2, 0.25) is 0 Å².